The van der Waals surface area contributed by atoms with Crippen LogP contribution >= 0.6 is 46.4 Å². The van der Waals surface area contributed by atoms with E-state index in [4.69, 9.17) is 46.4 Å². The Morgan fingerprint density at radius 3 is 2.22 bits per heavy atom. The molecule has 10 heteroatoms. The van der Waals surface area contributed by atoms with Gasteiger partial charge in [-0.1, -0.05) is 76.2 Å². The molecule has 0 spiro atoms. The number of carbonyl (C=O) groups excluding carboxylic acids is 1. The van der Waals surface area contributed by atoms with Crippen molar-refractivity contribution in [3.05, 3.63) is 91.9 Å². The first-order valence-corrected chi connectivity index (χ1v) is 12.3. The number of amides is 1. The Morgan fingerprint density at radius 2 is 1.56 bits per heavy atom. The van der Waals surface area contributed by atoms with Crippen molar-refractivity contribution in [2.45, 2.75) is 18.4 Å². The summed E-state index contributed by atoms with van der Waals surface area (Å²) in [7, 11) is -4.01. The van der Waals surface area contributed by atoms with Crippen molar-refractivity contribution in [3.63, 3.8) is 0 Å². The number of hydrogen-bond donors (Lipinski definition) is 1. The van der Waals surface area contributed by atoms with Gasteiger partial charge in [-0.05, 0) is 48.9 Å². The van der Waals surface area contributed by atoms with Crippen LogP contribution in [0.4, 0.5) is 5.69 Å². The summed E-state index contributed by atoms with van der Waals surface area (Å²) < 4.78 is 27.7. The molecule has 3 aromatic carbocycles. The van der Waals surface area contributed by atoms with Crippen molar-refractivity contribution in [3.8, 4) is 0 Å². The number of rotatable bonds is 7. The number of benzene rings is 3. The van der Waals surface area contributed by atoms with E-state index in [0.717, 1.165) is 15.4 Å². The average molecular weight is 532 g/mol. The monoisotopic (exact) mass is 530 g/mol. The lowest BCUT2D eigenvalue weighted by Crippen LogP contribution is -2.37. The third-order valence-corrected chi connectivity index (χ3v) is 7.59. The van der Waals surface area contributed by atoms with Crippen molar-refractivity contribution in [2.24, 2.45) is 0 Å². The number of aryl methyl sites for hydroxylation is 1. The molecular weight excluding hydrogens is 514 g/mol. The van der Waals surface area contributed by atoms with Crippen LogP contribution in [0.1, 0.15) is 11.1 Å². The van der Waals surface area contributed by atoms with Gasteiger partial charge in [-0.3, -0.25) is 4.79 Å². The first kappa shape index (κ1) is 24.8. The van der Waals surface area contributed by atoms with E-state index in [-0.39, 0.29) is 32.2 Å². The lowest BCUT2D eigenvalue weighted by atomic mass is 10.1. The van der Waals surface area contributed by atoms with E-state index < -0.39 is 22.5 Å². The minimum Gasteiger partial charge on any atom is -0.324 e. The fourth-order valence-corrected chi connectivity index (χ4v) is 5.07. The van der Waals surface area contributed by atoms with Crippen LogP contribution in [0.5, 0.6) is 0 Å². The van der Waals surface area contributed by atoms with Gasteiger partial charge in [0.15, 0.2) is 0 Å². The Bertz CT molecular complexity index is 1250. The molecule has 0 aromatic heterocycles. The zero-order valence-corrected chi connectivity index (χ0v) is 20.6. The first-order chi connectivity index (χ1) is 15.1. The predicted molar refractivity (Wildman–Crippen MR) is 130 cm³/mol. The number of halogens is 4. The van der Waals surface area contributed by atoms with E-state index in [1.165, 1.54) is 36.4 Å². The van der Waals surface area contributed by atoms with Crippen LogP contribution < -0.4 is 5.32 Å². The van der Waals surface area contributed by atoms with Gasteiger partial charge in [0.2, 0.25) is 15.9 Å². The molecule has 32 heavy (non-hydrogen) atoms. The van der Waals surface area contributed by atoms with Crippen LogP contribution in [0.3, 0.4) is 0 Å². The van der Waals surface area contributed by atoms with Crippen LogP contribution in [0.15, 0.2) is 65.6 Å². The van der Waals surface area contributed by atoms with Crippen LogP contribution in [0.25, 0.3) is 0 Å². The third-order valence-electron chi connectivity index (χ3n) is 4.50. The van der Waals surface area contributed by atoms with Crippen molar-refractivity contribution >= 4 is 68.0 Å². The zero-order chi connectivity index (χ0) is 23.5. The second-order valence-corrected chi connectivity index (χ2v) is 10.6. The lowest BCUT2D eigenvalue weighted by molar-refractivity contribution is -0.116. The Kier molecular flexibility index (Phi) is 8.09. The summed E-state index contributed by atoms with van der Waals surface area (Å²) in [5, 5.41) is 3.62. The van der Waals surface area contributed by atoms with Crippen molar-refractivity contribution in [2.75, 3.05) is 11.9 Å². The fourth-order valence-electron chi connectivity index (χ4n) is 2.96. The molecule has 0 saturated carbocycles. The molecule has 0 atom stereocenters. The summed E-state index contributed by atoms with van der Waals surface area (Å²) in [5.41, 5.74) is 1.94. The van der Waals surface area contributed by atoms with Gasteiger partial charge >= 0.3 is 0 Å². The molecule has 3 aromatic rings. The van der Waals surface area contributed by atoms with E-state index in [1.54, 1.807) is 6.07 Å². The number of sulfonamides is 1. The van der Waals surface area contributed by atoms with Gasteiger partial charge in [0, 0.05) is 11.6 Å². The van der Waals surface area contributed by atoms with Crippen LogP contribution in [-0.4, -0.2) is 25.2 Å². The predicted octanol–water partition coefficient (Wildman–Crippen LogP) is 6.44. The van der Waals surface area contributed by atoms with E-state index in [1.807, 2.05) is 25.1 Å². The number of carbonyl (C=O) groups is 1. The number of nitrogens with zero attached hydrogens (tertiary/aromatic N) is 1. The van der Waals surface area contributed by atoms with Gasteiger partial charge in [0.05, 0.1) is 32.2 Å². The summed E-state index contributed by atoms with van der Waals surface area (Å²) in [6.07, 6.45) is 0. The maximum atomic E-state index is 13.3. The fraction of sp³-hybridized carbons (Fsp3) is 0.136. The molecule has 0 unspecified atom stereocenters. The highest BCUT2D eigenvalue weighted by atomic mass is 35.5. The molecular formula is C22H18Cl4N2O3S. The summed E-state index contributed by atoms with van der Waals surface area (Å²) in [6.45, 7) is 1.45. The van der Waals surface area contributed by atoms with Crippen molar-refractivity contribution < 1.29 is 13.2 Å². The molecule has 0 saturated heterocycles. The summed E-state index contributed by atoms with van der Waals surface area (Å²) in [5.74, 6) is -0.588. The minimum absolute atomic E-state index is 0.00480. The van der Waals surface area contributed by atoms with E-state index in [0.29, 0.717) is 5.02 Å². The lowest BCUT2D eigenvalue weighted by Gasteiger charge is -2.22. The van der Waals surface area contributed by atoms with Crippen molar-refractivity contribution in [1.82, 2.24) is 4.31 Å². The van der Waals surface area contributed by atoms with Gasteiger partial charge < -0.3 is 5.32 Å². The molecule has 5 nitrogen and oxygen atoms in total. The topological polar surface area (TPSA) is 66.5 Å². The van der Waals surface area contributed by atoms with Crippen LogP contribution in [-0.2, 0) is 21.4 Å². The van der Waals surface area contributed by atoms with Crippen molar-refractivity contribution in [1.29, 1.82) is 0 Å². The number of nitrogens with one attached hydrogen (secondary N) is 1. The number of anilines is 1. The summed E-state index contributed by atoms with van der Waals surface area (Å²) in [6, 6.07) is 15.9. The molecule has 0 aliphatic carbocycles. The first-order valence-electron chi connectivity index (χ1n) is 9.32. The molecule has 0 heterocycles. The second kappa shape index (κ2) is 10.4. The largest absolute Gasteiger partial charge is 0.324 e. The smallest absolute Gasteiger partial charge is 0.243 e. The molecule has 1 N–H and O–H groups in total. The molecule has 0 bridgehead atoms. The normalized spacial score (nSPS) is 11.6. The van der Waals surface area contributed by atoms with Gasteiger partial charge in [-0.15, -0.1) is 0 Å². The SMILES string of the molecule is Cc1cccc(CN(CC(=O)Nc2cc(Cl)c(Cl)cc2Cl)S(=O)(=O)c2ccc(Cl)cc2)c1. The highest BCUT2D eigenvalue weighted by Gasteiger charge is 2.27. The highest BCUT2D eigenvalue weighted by molar-refractivity contribution is 7.89. The Balaban J connectivity index is 1.90. The van der Waals surface area contributed by atoms with E-state index >= 15 is 0 Å². The minimum atomic E-state index is -4.01. The second-order valence-electron chi connectivity index (χ2n) is 7.01. The number of hydrogen-bond acceptors (Lipinski definition) is 3. The zero-order valence-electron chi connectivity index (χ0n) is 16.8. The third kappa shape index (κ3) is 6.16. The van der Waals surface area contributed by atoms with Gasteiger partial charge in [-0.2, -0.15) is 4.31 Å². The maximum Gasteiger partial charge on any atom is 0.243 e. The van der Waals surface area contributed by atoms with E-state index in [2.05, 4.69) is 5.32 Å². The van der Waals surface area contributed by atoms with E-state index in [9.17, 15) is 13.2 Å². The maximum absolute atomic E-state index is 13.3. The Morgan fingerprint density at radius 1 is 0.906 bits per heavy atom. The van der Waals surface area contributed by atoms with Gasteiger partial charge in [0.1, 0.15) is 0 Å². The molecule has 0 aliphatic rings. The van der Waals surface area contributed by atoms with Crippen LogP contribution in [0, 0.1) is 6.92 Å². The molecule has 168 valence electrons. The van der Waals surface area contributed by atoms with Gasteiger partial charge in [-0.25, -0.2) is 8.42 Å². The molecule has 3 rings (SSSR count). The average Bonchev–Trinajstić information content (AvgIpc) is 2.72. The summed E-state index contributed by atoms with van der Waals surface area (Å²) in [4.78, 5) is 12.8. The molecule has 0 fully saturated rings. The van der Waals surface area contributed by atoms with Gasteiger partial charge in [0.25, 0.3) is 0 Å². The Hall–Kier alpha value is -1.80. The standard InChI is InChI=1S/C22H18Cl4N2O3S/c1-14-3-2-4-15(9-14)12-28(32(30,31)17-7-5-16(23)6-8-17)13-22(29)27-21-11-19(25)18(24)10-20(21)26/h2-11H,12-13H2,1H3,(H,27,29). The van der Waals surface area contributed by atoms with Crippen LogP contribution in [0.2, 0.25) is 20.1 Å². The Labute approximate surface area is 206 Å². The quantitative estimate of drug-likeness (QED) is 0.357. The molecule has 0 radical (unpaired) electrons. The molecule has 1 amide bonds. The summed E-state index contributed by atoms with van der Waals surface area (Å²) >= 11 is 24.0. The molecule has 0 aliphatic heterocycles. The highest BCUT2D eigenvalue weighted by Crippen LogP contribution is 2.32.